The Hall–Kier alpha value is -3.89. The van der Waals surface area contributed by atoms with Crippen LogP contribution in [-0.4, -0.2) is 52.6 Å². The van der Waals surface area contributed by atoms with Crippen LogP contribution in [-0.2, 0) is 11.0 Å². The zero-order chi connectivity index (χ0) is 25.0. The Labute approximate surface area is 198 Å². The van der Waals surface area contributed by atoms with E-state index in [-0.39, 0.29) is 23.9 Å². The van der Waals surface area contributed by atoms with E-state index in [4.69, 9.17) is 4.74 Å². The molecule has 0 spiro atoms. The maximum Gasteiger partial charge on any atom is 0.416 e. The molecular formula is C24H22F4N4O3. The summed E-state index contributed by atoms with van der Waals surface area (Å²) < 4.78 is 57.6. The molecule has 2 amide bonds. The monoisotopic (exact) mass is 490 g/mol. The number of amides is 2. The van der Waals surface area contributed by atoms with Crippen LogP contribution in [0.3, 0.4) is 0 Å². The second-order valence-corrected chi connectivity index (χ2v) is 8.06. The van der Waals surface area contributed by atoms with Gasteiger partial charge in [-0.1, -0.05) is 30.3 Å². The molecule has 1 aliphatic heterocycles. The van der Waals surface area contributed by atoms with Crippen molar-refractivity contribution in [1.29, 1.82) is 0 Å². The number of alkyl halides is 3. The largest absolute Gasteiger partial charge is 0.487 e. The van der Waals surface area contributed by atoms with Gasteiger partial charge in [0.2, 0.25) is 5.91 Å². The van der Waals surface area contributed by atoms with Crippen LogP contribution in [0.15, 0.2) is 54.6 Å². The predicted molar refractivity (Wildman–Crippen MR) is 118 cm³/mol. The summed E-state index contributed by atoms with van der Waals surface area (Å²) >= 11 is 0. The minimum Gasteiger partial charge on any atom is -0.487 e. The average Bonchev–Trinajstić information content (AvgIpc) is 3.34. The second kappa shape index (κ2) is 10.2. The number of aromatic amines is 1. The average molecular weight is 490 g/mol. The number of rotatable bonds is 6. The Morgan fingerprint density at radius 2 is 1.80 bits per heavy atom. The highest BCUT2D eigenvalue weighted by molar-refractivity contribution is 5.95. The van der Waals surface area contributed by atoms with Crippen LogP contribution in [0.25, 0.3) is 11.3 Å². The number of ether oxygens (including phenoxy) is 1. The van der Waals surface area contributed by atoms with Gasteiger partial charge >= 0.3 is 6.18 Å². The third kappa shape index (κ3) is 5.97. The Morgan fingerprint density at radius 3 is 2.46 bits per heavy atom. The molecule has 7 nitrogen and oxygen atoms in total. The van der Waals surface area contributed by atoms with Gasteiger partial charge in [-0.3, -0.25) is 14.7 Å². The molecule has 2 heterocycles. The zero-order valence-corrected chi connectivity index (χ0v) is 18.4. The van der Waals surface area contributed by atoms with Gasteiger partial charge in [0.1, 0.15) is 11.8 Å². The minimum absolute atomic E-state index is 0.211. The van der Waals surface area contributed by atoms with Crippen LogP contribution in [0.2, 0.25) is 0 Å². The van der Waals surface area contributed by atoms with Crippen molar-refractivity contribution in [2.24, 2.45) is 0 Å². The summed E-state index contributed by atoms with van der Waals surface area (Å²) in [5.41, 5.74) is 0.590. The van der Waals surface area contributed by atoms with E-state index in [0.717, 1.165) is 17.7 Å². The van der Waals surface area contributed by atoms with Crippen molar-refractivity contribution in [3.8, 4) is 17.0 Å². The van der Waals surface area contributed by atoms with Gasteiger partial charge < -0.3 is 15.0 Å². The molecule has 0 aliphatic carbocycles. The fourth-order valence-corrected chi connectivity index (χ4v) is 3.73. The number of carbonyl (C=O) groups excluding carboxylic acids is 2. The zero-order valence-electron chi connectivity index (χ0n) is 18.4. The van der Waals surface area contributed by atoms with Crippen LogP contribution in [0.1, 0.15) is 28.9 Å². The summed E-state index contributed by atoms with van der Waals surface area (Å²) in [5, 5.41) is 9.33. The lowest BCUT2D eigenvalue weighted by atomic mass is 10.1. The number of likely N-dealkylation sites (tertiary alicyclic amines) is 1. The van der Waals surface area contributed by atoms with E-state index in [1.54, 1.807) is 11.0 Å². The molecule has 3 aromatic rings. The fourth-order valence-electron chi connectivity index (χ4n) is 3.73. The maximum absolute atomic E-state index is 14.0. The minimum atomic E-state index is -4.64. The summed E-state index contributed by atoms with van der Waals surface area (Å²) in [6, 6.07) is 13.0. The molecule has 0 saturated carbocycles. The summed E-state index contributed by atoms with van der Waals surface area (Å²) in [7, 11) is 0. The van der Waals surface area contributed by atoms with Crippen molar-refractivity contribution in [3.63, 3.8) is 0 Å². The van der Waals surface area contributed by atoms with E-state index in [9.17, 15) is 27.2 Å². The van der Waals surface area contributed by atoms with E-state index >= 15 is 0 Å². The molecule has 1 fully saturated rings. The van der Waals surface area contributed by atoms with Crippen LogP contribution in [0.5, 0.6) is 5.75 Å². The number of aromatic nitrogens is 2. The van der Waals surface area contributed by atoms with E-state index in [1.165, 1.54) is 0 Å². The smallest absolute Gasteiger partial charge is 0.416 e. The lowest BCUT2D eigenvalue weighted by molar-refractivity contribution is -0.137. The molecule has 0 unspecified atom stereocenters. The third-order valence-electron chi connectivity index (χ3n) is 5.64. The summed E-state index contributed by atoms with van der Waals surface area (Å²) in [4.78, 5) is 26.4. The van der Waals surface area contributed by atoms with Crippen molar-refractivity contribution >= 4 is 11.8 Å². The Kier molecular flexibility index (Phi) is 7.04. The number of hydrogen-bond donors (Lipinski definition) is 2. The summed E-state index contributed by atoms with van der Waals surface area (Å²) in [5.74, 6) is -2.11. The number of hydrogen-bond acceptors (Lipinski definition) is 4. The first kappa shape index (κ1) is 24.2. The molecule has 11 heteroatoms. The van der Waals surface area contributed by atoms with Gasteiger partial charge in [0.25, 0.3) is 5.91 Å². The number of carbonyl (C=O) groups is 2. The van der Waals surface area contributed by atoms with Gasteiger partial charge in [-0.15, -0.1) is 0 Å². The van der Waals surface area contributed by atoms with E-state index in [0.29, 0.717) is 37.7 Å². The van der Waals surface area contributed by atoms with Crippen molar-refractivity contribution in [3.05, 3.63) is 71.7 Å². The van der Waals surface area contributed by atoms with Gasteiger partial charge in [0.05, 0.1) is 17.8 Å². The Balaban J connectivity index is 1.24. The van der Waals surface area contributed by atoms with Crippen LogP contribution >= 0.6 is 0 Å². The van der Waals surface area contributed by atoms with E-state index < -0.39 is 29.6 Å². The fraction of sp³-hybridized carbons (Fsp3) is 0.292. The molecule has 0 atom stereocenters. The Morgan fingerprint density at radius 1 is 1.09 bits per heavy atom. The number of halogens is 4. The molecule has 184 valence electrons. The summed E-state index contributed by atoms with van der Waals surface area (Å²) in [6.45, 7) is 0.408. The highest BCUT2D eigenvalue weighted by atomic mass is 19.4. The number of nitrogens with one attached hydrogen (secondary N) is 2. The van der Waals surface area contributed by atoms with Crippen LogP contribution in [0.4, 0.5) is 17.6 Å². The van der Waals surface area contributed by atoms with Crippen molar-refractivity contribution in [2.75, 3.05) is 19.6 Å². The molecule has 2 aromatic carbocycles. The second-order valence-electron chi connectivity index (χ2n) is 8.06. The molecule has 0 bridgehead atoms. The first-order chi connectivity index (χ1) is 16.7. The van der Waals surface area contributed by atoms with Crippen molar-refractivity contribution < 1.29 is 31.9 Å². The molecule has 35 heavy (non-hydrogen) atoms. The lowest BCUT2D eigenvalue weighted by Crippen LogP contribution is -2.46. The third-order valence-corrected chi connectivity index (χ3v) is 5.64. The highest BCUT2D eigenvalue weighted by Crippen LogP contribution is 2.32. The van der Waals surface area contributed by atoms with Crippen LogP contribution < -0.4 is 10.1 Å². The summed E-state index contributed by atoms with van der Waals surface area (Å²) in [6.07, 6.45) is -4.33. The van der Waals surface area contributed by atoms with Gasteiger partial charge in [0.15, 0.2) is 11.6 Å². The number of H-pyrrole nitrogens is 1. The Bertz CT molecular complexity index is 1190. The quantitative estimate of drug-likeness (QED) is 0.511. The first-order valence-corrected chi connectivity index (χ1v) is 10.9. The first-order valence-electron chi connectivity index (χ1n) is 10.9. The number of benzene rings is 2. The maximum atomic E-state index is 14.0. The van der Waals surface area contributed by atoms with Gasteiger partial charge in [-0.25, -0.2) is 4.39 Å². The molecule has 4 rings (SSSR count). The molecule has 2 N–H and O–H groups in total. The predicted octanol–water partition coefficient (Wildman–Crippen LogP) is 4.03. The van der Waals surface area contributed by atoms with Gasteiger partial charge in [-0.05, 0) is 24.3 Å². The van der Waals surface area contributed by atoms with Gasteiger partial charge in [-0.2, -0.15) is 18.3 Å². The number of piperidine rings is 1. The standard InChI is InChI=1S/C24H22F4N4O3/c25-18-12-16(24(26,27)28)6-7-21(18)35-17-8-10-32(11-9-17)22(33)14-29-23(34)20-13-19(30-31-20)15-4-2-1-3-5-15/h1-7,12-13,17H,8-11,14H2,(H,29,34)(H,30,31). The molecular weight excluding hydrogens is 468 g/mol. The van der Waals surface area contributed by atoms with Crippen molar-refractivity contribution in [1.82, 2.24) is 20.4 Å². The number of nitrogens with zero attached hydrogens (tertiary/aromatic N) is 2. The van der Waals surface area contributed by atoms with Gasteiger partial charge in [0, 0.05) is 31.5 Å². The highest BCUT2D eigenvalue weighted by Gasteiger charge is 2.32. The molecule has 1 saturated heterocycles. The van der Waals surface area contributed by atoms with Crippen molar-refractivity contribution in [2.45, 2.75) is 25.1 Å². The topological polar surface area (TPSA) is 87.3 Å². The van der Waals surface area contributed by atoms with Crippen LogP contribution in [0, 0.1) is 5.82 Å². The lowest BCUT2D eigenvalue weighted by Gasteiger charge is -2.32. The molecule has 0 radical (unpaired) electrons. The molecule has 1 aliphatic rings. The SMILES string of the molecule is O=C(NCC(=O)N1CCC(Oc2ccc(C(F)(F)F)cc2F)CC1)c1cc(-c2ccccc2)n[nH]1. The molecule has 1 aromatic heterocycles. The normalized spacial score (nSPS) is 14.6. The van der Waals surface area contributed by atoms with E-state index in [1.807, 2.05) is 30.3 Å². The van der Waals surface area contributed by atoms with E-state index in [2.05, 4.69) is 15.5 Å².